The fraction of sp³-hybridized carbons (Fsp3) is 0.900. The molecule has 6 nitrogen and oxygen atoms in total. The molecule has 0 radical (unpaired) electrons. The van der Waals surface area contributed by atoms with Gasteiger partial charge in [0.05, 0.1) is 25.4 Å². The molecule has 16 heavy (non-hydrogen) atoms. The fourth-order valence-corrected chi connectivity index (χ4v) is 1.94. The van der Waals surface area contributed by atoms with Gasteiger partial charge in [0, 0.05) is 13.1 Å². The van der Waals surface area contributed by atoms with E-state index in [9.17, 15) is 4.79 Å². The Balaban J connectivity index is 2.28. The Kier molecular flexibility index (Phi) is 5.68. The molecule has 94 valence electrons. The van der Waals surface area contributed by atoms with Gasteiger partial charge in [-0.3, -0.25) is 15.1 Å². The van der Waals surface area contributed by atoms with Crippen molar-refractivity contribution in [1.82, 2.24) is 10.3 Å². The molecule has 1 saturated heterocycles. The number of nitrogens with one attached hydrogen (secondary N) is 1. The summed E-state index contributed by atoms with van der Waals surface area (Å²) >= 11 is 0. The second kappa shape index (κ2) is 6.80. The molecule has 1 aliphatic heterocycles. The van der Waals surface area contributed by atoms with Gasteiger partial charge in [-0.2, -0.15) is 0 Å². The average Bonchev–Trinajstić information content (AvgIpc) is 2.35. The Bertz CT molecular complexity index is 217. The lowest BCUT2D eigenvalue weighted by Gasteiger charge is -2.34. The zero-order chi connectivity index (χ0) is 12.0. The van der Waals surface area contributed by atoms with Crippen molar-refractivity contribution in [1.29, 1.82) is 0 Å². The number of hydrazine groups is 1. The smallest absolute Gasteiger partial charge is 0.250 e. The van der Waals surface area contributed by atoms with Crippen LogP contribution in [0.1, 0.15) is 19.8 Å². The number of amides is 1. The number of carbonyl (C=O) groups is 1. The predicted octanol–water partition coefficient (Wildman–Crippen LogP) is -1.16. The first-order valence-electron chi connectivity index (χ1n) is 5.66. The van der Waals surface area contributed by atoms with Crippen molar-refractivity contribution < 1.29 is 14.6 Å². The normalized spacial score (nSPS) is 20.7. The number of nitrogens with two attached hydrogens (primary N) is 1. The number of nitrogens with zero attached hydrogens (tertiary/aromatic N) is 1. The Labute approximate surface area is 95.7 Å². The van der Waals surface area contributed by atoms with Crippen molar-refractivity contribution in [2.45, 2.75) is 31.9 Å². The lowest BCUT2D eigenvalue weighted by Crippen LogP contribution is -2.50. The number of rotatable bonds is 5. The minimum atomic E-state index is -0.191. The monoisotopic (exact) mass is 231 g/mol. The predicted molar refractivity (Wildman–Crippen MR) is 59.4 cm³/mol. The quantitative estimate of drug-likeness (QED) is 0.315. The van der Waals surface area contributed by atoms with Gasteiger partial charge in [-0.1, -0.05) is 0 Å². The summed E-state index contributed by atoms with van der Waals surface area (Å²) in [5.74, 6) is 4.94. The minimum Gasteiger partial charge on any atom is -0.394 e. The van der Waals surface area contributed by atoms with E-state index in [-0.39, 0.29) is 24.7 Å². The van der Waals surface area contributed by atoms with Crippen molar-refractivity contribution in [3.63, 3.8) is 0 Å². The SMILES string of the molecule is CC(C(=O)NN)N1CCC(OCCO)CC1. The van der Waals surface area contributed by atoms with E-state index >= 15 is 0 Å². The highest BCUT2D eigenvalue weighted by atomic mass is 16.5. The van der Waals surface area contributed by atoms with E-state index in [1.54, 1.807) is 0 Å². The molecule has 0 aromatic rings. The van der Waals surface area contributed by atoms with Crippen LogP contribution in [0, 0.1) is 0 Å². The first-order valence-corrected chi connectivity index (χ1v) is 5.66. The molecule has 0 bridgehead atoms. The molecule has 0 spiro atoms. The molecular formula is C10H21N3O3. The van der Waals surface area contributed by atoms with Crippen molar-refractivity contribution >= 4 is 5.91 Å². The third-order valence-electron chi connectivity index (χ3n) is 2.99. The first-order chi connectivity index (χ1) is 7.69. The zero-order valence-corrected chi connectivity index (χ0v) is 9.69. The summed E-state index contributed by atoms with van der Waals surface area (Å²) < 4.78 is 5.45. The van der Waals surface area contributed by atoms with Gasteiger partial charge in [-0.15, -0.1) is 0 Å². The summed E-state index contributed by atoms with van der Waals surface area (Å²) in [6.07, 6.45) is 1.99. The van der Waals surface area contributed by atoms with Crippen molar-refractivity contribution in [2.75, 3.05) is 26.3 Å². The Hall–Kier alpha value is -0.690. The summed E-state index contributed by atoms with van der Waals surface area (Å²) in [6, 6.07) is -0.191. The molecule has 6 heteroatoms. The van der Waals surface area contributed by atoms with Crippen LogP contribution in [0.15, 0.2) is 0 Å². The van der Waals surface area contributed by atoms with Crippen LogP contribution in [0.4, 0.5) is 0 Å². The van der Waals surface area contributed by atoms with Gasteiger partial charge < -0.3 is 9.84 Å². The van der Waals surface area contributed by atoms with Crippen LogP contribution in [0.5, 0.6) is 0 Å². The van der Waals surface area contributed by atoms with E-state index in [1.807, 2.05) is 6.92 Å². The number of hydrogen-bond acceptors (Lipinski definition) is 5. The van der Waals surface area contributed by atoms with E-state index in [0.717, 1.165) is 25.9 Å². The lowest BCUT2D eigenvalue weighted by molar-refractivity contribution is -0.127. The van der Waals surface area contributed by atoms with Gasteiger partial charge in [0.25, 0.3) is 5.91 Å². The molecule has 4 N–H and O–H groups in total. The second-order valence-corrected chi connectivity index (χ2v) is 4.01. The number of carbonyl (C=O) groups excluding carboxylic acids is 1. The van der Waals surface area contributed by atoms with E-state index in [2.05, 4.69) is 10.3 Å². The highest BCUT2D eigenvalue weighted by Gasteiger charge is 2.26. The maximum Gasteiger partial charge on any atom is 0.250 e. The molecule has 0 aliphatic carbocycles. The topological polar surface area (TPSA) is 87.8 Å². The van der Waals surface area contributed by atoms with Crippen molar-refractivity contribution in [2.24, 2.45) is 5.84 Å². The molecule has 1 aliphatic rings. The van der Waals surface area contributed by atoms with Crippen LogP contribution in [-0.2, 0) is 9.53 Å². The number of likely N-dealkylation sites (tertiary alicyclic amines) is 1. The van der Waals surface area contributed by atoms with Crippen molar-refractivity contribution in [3.05, 3.63) is 0 Å². The first kappa shape index (κ1) is 13.4. The van der Waals surface area contributed by atoms with E-state index in [4.69, 9.17) is 15.7 Å². The molecular weight excluding hydrogens is 210 g/mol. The summed E-state index contributed by atoms with van der Waals surface area (Å²) in [6.45, 7) is 3.95. The molecule has 1 atom stereocenters. The van der Waals surface area contributed by atoms with Gasteiger partial charge in [0.2, 0.25) is 0 Å². The number of aliphatic hydroxyl groups is 1. The Morgan fingerprint density at radius 1 is 1.62 bits per heavy atom. The van der Waals surface area contributed by atoms with E-state index in [1.165, 1.54) is 0 Å². The summed E-state index contributed by atoms with van der Waals surface area (Å²) in [5, 5.41) is 8.64. The standard InChI is InChI=1S/C10H21N3O3/c1-8(10(15)12-11)13-4-2-9(3-5-13)16-7-6-14/h8-9,14H,2-7,11H2,1H3,(H,12,15). The summed E-state index contributed by atoms with van der Waals surface area (Å²) in [4.78, 5) is 13.4. The molecule has 1 rings (SSSR count). The molecule has 0 aromatic heterocycles. The van der Waals surface area contributed by atoms with Gasteiger partial charge in [0.1, 0.15) is 0 Å². The molecule has 0 aromatic carbocycles. The average molecular weight is 231 g/mol. The third-order valence-corrected chi connectivity index (χ3v) is 2.99. The highest BCUT2D eigenvalue weighted by molar-refractivity contribution is 5.80. The largest absolute Gasteiger partial charge is 0.394 e. The second-order valence-electron chi connectivity index (χ2n) is 4.01. The van der Waals surface area contributed by atoms with Crippen LogP contribution in [0.25, 0.3) is 0 Å². The number of aliphatic hydroxyl groups excluding tert-OH is 1. The highest BCUT2D eigenvalue weighted by Crippen LogP contribution is 2.15. The van der Waals surface area contributed by atoms with Gasteiger partial charge >= 0.3 is 0 Å². The van der Waals surface area contributed by atoms with E-state index in [0.29, 0.717) is 6.61 Å². The van der Waals surface area contributed by atoms with Crippen LogP contribution >= 0.6 is 0 Å². The number of hydrogen-bond donors (Lipinski definition) is 3. The molecule has 1 unspecified atom stereocenters. The van der Waals surface area contributed by atoms with Crippen LogP contribution in [0.3, 0.4) is 0 Å². The number of ether oxygens (including phenoxy) is 1. The minimum absolute atomic E-state index is 0.0617. The van der Waals surface area contributed by atoms with Gasteiger partial charge in [0.15, 0.2) is 0 Å². The molecule has 0 saturated carbocycles. The third kappa shape index (κ3) is 3.71. The van der Waals surface area contributed by atoms with Crippen molar-refractivity contribution in [3.8, 4) is 0 Å². The van der Waals surface area contributed by atoms with Crippen LogP contribution < -0.4 is 11.3 Å². The van der Waals surface area contributed by atoms with Crippen LogP contribution in [-0.4, -0.2) is 54.4 Å². The summed E-state index contributed by atoms with van der Waals surface area (Å²) in [7, 11) is 0. The fourth-order valence-electron chi connectivity index (χ4n) is 1.94. The van der Waals surface area contributed by atoms with E-state index < -0.39 is 0 Å². The number of piperidine rings is 1. The van der Waals surface area contributed by atoms with Gasteiger partial charge in [-0.25, -0.2) is 5.84 Å². The molecule has 1 amide bonds. The Morgan fingerprint density at radius 3 is 2.75 bits per heavy atom. The zero-order valence-electron chi connectivity index (χ0n) is 9.69. The maximum atomic E-state index is 11.3. The van der Waals surface area contributed by atoms with Gasteiger partial charge in [-0.05, 0) is 19.8 Å². The lowest BCUT2D eigenvalue weighted by atomic mass is 10.1. The van der Waals surface area contributed by atoms with Crippen LogP contribution in [0.2, 0.25) is 0 Å². The summed E-state index contributed by atoms with van der Waals surface area (Å²) in [5.41, 5.74) is 2.16. The maximum absolute atomic E-state index is 11.3. The molecule has 1 heterocycles. The Morgan fingerprint density at radius 2 is 2.25 bits per heavy atom. The molecule has 1 fully saturated rings.